The maximum Gasteiger partial charge on any atom is 0.105 e. The molecule has 3 atom stereocenters. The van der Waals surface area contributed by atoms with E-state index in [4.69, 9.17) is 5.73 Å². The SMILES string of the molecule is BC1CCCCC(N)CCCCC(C)CC1. The highest BCUT2D eigenvalue weighted by Crippen LogP contribution is 2.24. The Morgan fingerprint density at radius 3 is 2.06 bits per heavy atom. The molecule has 0 aromatic carbocycles. The van der Waals surface area contributed by atoms with Gasteiger partial charge in [0.05, 0.1) is 0 Å². The van der Waals surface area contributed by atoms with E-state index < -0.39 is 0 Å². The van der Waals surface area contributed by atoms with Crippen molar-refractivity contribution in [2.75, 3.05) is 0 Å². The number of hydrogen-bond acceptors (Lipinski definition) is 1. The van der Waals surface area contributed by atoms with Gasteiger partial charge in [0.2, 0.25) is 0 Å². The molecule has 0 aromatic rings. The molecule has 94 valence electrons. The second-order valence-electron chi connectivity index (χ2n) is 6.12. The van der Waals surface area contributed by atoms with Crippen LogP contribution in [0.4, 0.5) is 0 Å². The number of hydrogen-bond donors (Lipinski definition) is 1. The van der Waals surface area contributed by atoms with Gasteiger partial charge in [0.1, 0.15) is 7.85 Å². The molecule has 2 N–H and O–H groups in total. The van der Waals surface area contributed by atoms with E-state index in [2.05, 4.69) is 14.8 Å². The Kier molecular flexibility index (Phi) is 7.19. The van der Waals surface area contributed by atoms with E-state index in [1.165, 1.54) is 64.2 Å². The standard InChI is InChI=1S/C14H30BN/c1-12-6-2-4-8-14(16)9-5-3-7-13(15)11-10-12/h12-14H,2-11,15-16H2,1H3. The first-order chi connectivity index (χ1) is 7.68. The fraction of sp³-hybridized carbons (Fsp3) is 1.00. The Labute approximate surface area is 103 Å². The molecule has 3 unspecified atom stereocenters. The van der Waals surface area contributed by atoms with Gasteiger partial charge in [-0.15, -0.1) is 0 Å². The van der Waals surface area contributed by atoms with Crippen molar-refractivity contribution in [2.24, 2.45) is 11.7 Å². The first-order valence-corrected chi connectivity index (χ1v) is 7.44. The van der Waals surface area contributed by atoms with Crippen LogP contribution in [0.15, 0.2) is 0 Å². The van der Waals surface area contributed by atoms with Crippen molar-refractivity contribution >= 4 is 7.85 Å². The Morgan fingerprint density at radius 2 is 1.38 bits per heavy atom. The summed E-state index contributed by atoms with van der Waals surface area (Å²) < 4.78 is 0. The molecule has 0 radical (unpaired) electrons. The van der Waals surface area contributed by atoms with E-state index in [0.717, 1.165) is 11.7 Å². The zero-order chi connectivity index (χ0) is 11.8. The Bertz CT molecular complexity index is 154. The predicted molar refractivity (Wildman–Crippen MR) is 75.6 cm³/mol. The highest BCUT2D eigenvalue weighted by Gasteiger charge is 2.09. The highest BCUT2D eigenvalue weighted by molar-refractivity contribution is 6.11. The van der Waals surface area contributed by atoms with Gasteiger partial charge in [-0.05, 0) is 18.8 Å². The minimum atomic E-state index is 0.478. The van der Waals surface area contributed by atoms with E-state index in [-0.39, 0.29) is 0 Å². The topological polar surface area (TPSA) is 26.0 Å². The van der Waals surface area contributed by atoms with Crippen molar-refractivity contribution in [1.29, 1.82) is 0 Å². The molecule has 1 saturated carbocycles. The normalized spacial score (nSPS) is 35.8. The lowest BCUT2D eigenvalue weighted by Gasteiger charge is -2.14. The lowest BCUT2D eigenvalue weighted by Crippen LogP contribution is -2.19. The number of nitrogens with two attached hydrogens (primary N) is 1. The van der Waals surface area contributed by atoms with Crippen molar-refractivity contribution < 1.29 is 0 Å². The van der Waals surface area contributed by atoms with Gasteiger partial charge in [0, 0.05) is 6.04 Å². The fourth-order valence-electron chi connectivity index (χ4n) is 2.80. The minimum Gasteiger partial charge on any atom is -0.328 e. The van der Waals surface area contributed by atoms with Gasteiger partial charge in [-0.2, -0.15) is 0 Å². The van der Waals surface area contributed by atoms with E-state index in [9.17, 15) is 0 Å². The third-order valence-electron chi connectivity index (χ3n) is 4.20. The van der Waals surface area contributed by atoms with E-state index in [0.29, 0.717) is 6.04 Å². The van der Waals surface area contributed by atoms with Crippen LogP contribution < -0.4 is 5.73 Å². The number of rotatable bonds is 0. The van der Waals surface area contributed by atoms with Gasteiger partial charge in [-0.25, -0.2) is 0 Å². The molecular formula is C14H30BN. The predicted octanol–water partition coefficient (Wildman–Crippen LogP) is 3.29. The van der Waals surface area contributed by atoms with E-state index in [1.807, 2.05) is 0 Å². The molecule has 0 spiro atoms. The van der Waals surface area contributed by atoms with Crippen molar-refractivity contribution in [3.63, 3.8) is 0 Å². The first-order valence-electron chi connectivity index (χ1n) is 7.44. The van der Waals surface area contributed by atoms with Crippen molar-refractivity contribution in [3.05, 3.63) is 0 Å². The second-order valence-corrected chi connectivity index (χ2v) is 6.12. The summed E-state index contributed by atoms with van der Waals surface area (Å²) in [6.07, 6.45) is 13.7. The van der Waals surface area contributed by atoms with Gasteiger partial charge in [0.15, 0.2) is 0 Å². The second kappa shape index (κ2) is 8.17. The summed E-state index contributed by atoms with van der Waals surface area (Å²) in [4.78, 5) is 0. The summed E-state index contributed by atoms with van der Waals surface area (Å²) in [6.45, 7) is 2.42. The van der Waals surface area contributed by atoms with Crippen molar-refractivity contribution in [2.45, 2.75) is 83.0 Å². The van der Waals surface area contributed by atoms with Crippen LogP contribution in [-0.2, 0) is 0 Å². The zero-order valence-corrected chi connectivity index (χ0v) is 11.4. The molecular weight excluding hydrogens is 193 g/mol. The van der Waals surface area contributed by atoms with Gasteiger partial charge < -0.3 is 5.73 Å². The third kappa shape index (κ3) is 6.57. The maximum absolute atomic E-state index is 6.12. The summed E-state index contributed by atoms with van der Waals surface area (Å²) in [5, 5.41) is 0. The van der Waals surface area contributed by atoms with Gasteiger partial charge >= 0.3 is 0 Å². The van der Waals surface area contributed by atoms with E-state index >= 15 is 0 Å². The first kappa shape index (κ1) is 14.1. The lowest BCUT2D eigenvalue weighted by molar-refractivity contribution is 0.434. The molecule has 1 aliphatic rings. The van der Waals surface area contributed by atoms with Crippen LogP contribution in [-0.4, -0.2) is 13.9 Å². The van der Waals surface area contributed by atoms with Crippen LogP contribution in [0, 0.1) is 5.92 Å². The Hall–Kier alpha value is 0.0249. The van der Waals surface area contributed by atoms with E-state index in [1.54, 1.807) is 0 Å². The van der Waals surface area contributed by atoms with Crippen LogP contribution >= 0.6 is 0 Å². The summed E-state index contributed by atoms with van der Waals surface area (Å²) in [6, 6.07) is 0.478. The molecule has 2 heteroatoms. The van der Waals surface area contributed by atoms with Crippen LogP contribution in [0.3, 0.4) is 0 Å². The molecule has 0 aliphatic heterocycles. The molecule has 16 heavy (non-hydrogen) atoms. The van der Waals surface area contributed by atoms with Gasteiger partial charge in [-0.1, -0.05) is 64.1 Å². The van der Waals surface area contributed by atoms with Crippen LogP contribution in [0.25, 0.3) is 0 Å². The molecule has 1 nitrogen and oxygen atoms in total. The maximum atomic E-state index is 6.12. The zero-order valence-electron chi connectivity index (χ0n) is 11.4. The average Bonchev–Trinajstić information content (AvgIpc) is 2.27. The third-order valence-corrected chi connectivity index (χ3v) is 4.20. The van der Waals surface area contributed by atoms with Crippen LogP contribution in [0.1, 0.15) is 71.1 Å². The average molecular weight is 223 g/mol. The van der Waals surface area contributed by atoms with Crippen molar-refractivity contribution in [3.8, 4) is 0 Å². The Morgan fingerprint density at radius 1 is 0.812 bits per heavy atom. The quantitative estimate of drug-likeness (QED) is 0.626. The molecule has 0 aromatic heterocycles. The Balaban J connectivity index is 2.30. The summed E-state index contributed by atoms with van der Waals surface area (Å²) in [5.74, 6) is 1.86. The highest BCUT2D eigenvalue weighted by atomic mass is 14.6. The van der Waals surface area contributed by atoms with Crippen LogP contribution in [0.5, 0.6) is 0 Å². The molecule has 0 amide bonds. The van der Waals surface area contributed by atoms with Crippen LogP contribution in [0.2, 0.25) is 5.82 Å². The summed E-state index contributed by atoms with van der Waals surface area (Å²) >= 11 is 0. The summed E-state index contributed by atoms with van der Waals surface area (Å²) in [7, 11) is 2.42. The summed E-state index contributed by atoms with van der Waals surface area (Å²) in [5.41, 5.74) is 6.12. The van der Waals surface area contributed by atoms with Gasteiger partial charge in [-0.3, -0.25) is 0 Å². The molecule has 1 aliphatic carbocycles. The fourth-order valence-corrected chi connectivity index (χ4v) is 2.80. The largest absolute Gasteiger partial charge is 0.328 e. The molecule has 0 bridgehead atoms. The lowest BCUT2D eigenvalue weighted by atomic mass is 9.78. The minimum absolute atomic E-state index is 0.478. The van der Waals surface area contributed by atoms with Crippen molar-refractivity contribution in [1.82, 2.24) is 0 Å². The molecule has 0 heterocycles. The monoisotopic (exact) mass is 223 g/mol. The molecule has 1 rings (SSSR count). The van der Waals surface area contributed by atoms with Gasteiger partial charge in [0.25, 0.3) is 0 Å². The molecule has 0 saturated heterocycles. The molecule has 1 fully saturated rings. The smallest absolute Gasteiger partial charge is 0.105 e.